The van der Waals surface area contributed by atoms with Crippen molar-refractivity contribution in [2.24, 2.45) is 0 Å². The van der Waals surface area contributed by atoms with Crippen LogP contribution in [0.1, 0.15) is 33.1 Å². The first kappa shape index (κ1) is 16.4. The Morgan fingerprint density at radius 3 is 2.75 bits per heavy atom. The molecular formula is C15H22FNO3. The van der Waals surface area contributed by atoms with Crippen LogP contribution in [-0.2, 0) is 4.79 Å². The number of ether oxygens (including phenoxy) is 1. The molecule has 0 fully saturated rings. The van der Waals surface area contributed by atoms with E-state index in [1.54, 1.807) is 25.1 Å². The second-order valence-electron chi connectivity index (χ2n) is 4.95. The number of hydrogen-bond acceptors (Lipinski definition) is 3. The van der Waals surface area contributed by atoms with Crippen LogP contribution in [0.15, 0.2) is 24.3 Å². The lowest BCUT2D eigenvalue weighted by molar-refractivity contribution is -0.144. The minimum absolute atomic E-state index is 0.200. The largest absolute Gasteiger partial charge is 0.491 e. The molecule has 1 atom stereocenters. The third-order valence-electron chi connectivity index (χ3n) is 3.15. The van der Waals surface area contributed by atoms with E-state index in [0.29, 0.717) is 19.4 Å². The molecule has 1 rings (SSSR count). The van der Waals surface area contributed by atoms with Gasteiger partial charge in [0, 0.05) is 0 Å². The lowest BCUT2D eigenvalue weighted by Gasteiger charge is -2.26. The standard InChI is InChI=1S/C15H22FNO3/c1-3-10-17-15(2,14(18)19)9-6-11-20-13-8-5-4-7-12(13)16/h4-5,7-8,17H,3,6,9-11H2,1-2H3,(H,18,19). The topological polar surface area (TPSA) is 58.6 Å². The van der Waals surface area contributed by atoms with Crippen LogP contribution < -0.4 is 10.1 Å². The van der Waals surface area contributed by atoms with Gasteiger partial charge >= 0.3 is 5.97 Å². The Hall–Kier alpha value is -1.62. The van der Waals surface area contributed by atoms with Crippen LogP contribution in [0.5, 0.6) is 5.75 Å². The van der Waals surface area contributed by atoms with Crippen LogP contribution >= 0.6 is 0 Å². The Kier molecular flexibility index (Phi) is 6.45. The van der Waals surface area contributed by atoms with Crippen molar-refractivity contribution in [3.8, 4) is 5.75 Å². The van der Waals surface area contributed by atoms with Gasteiger partial charge < -0.3 is 15.2 Å². The van der Waals surface area contributed by atoms with Gasteiger partial charge in [0.05, 0.1) is 6.61 Å². The molecule has 0 bridgehead atoms. The van der Waals surface area contributed by atoms with Gasteiger partial charge in [-0.25, -0.2) is 4.39 Å². The van der Waals surface area contributed by atoms with E-state index in [1.807, 2.05) is 6.92 Å². The number of carboxylic acids is 1. The first-order chi connectivity index (χ1) is 9.49. The highest BCUT2D eigenvalue weighted by molar-refractivity contribution is 5.78. The lowest BCUT2D eigenvalue weighted by Crippen LogP contribution is -2.49. The van der Waals surface area contributed by atoms with Gasteiger partial charge in [0.25, 0.3) is 0 Å². The summed E-state index contributed by atoms with van der Waals surface area (Å²) in [7, 11) is 0. The summed E-state index contributed by atoms with van der Waals surface area (Å²) in [6.07, 6.45) is 1.83. The molecule has 4 nitrogen and oxygen atoms in total. The molecule has 0 aliphatic carbocycles. The fraction of sp³-hybridized carbons (Fsp3) is 0.533. The van der Waals surface area contributed by atoms with E-state index in [4.69, 9.17) is 4.74 Å². The molecule has 5 heteroatoms. The molecule has 0 saturated heterocycles. The number of aliphatic carboxylic acids is 1. The molecular weight excluding hydrogens is 261 g/mol. The summed E-state index contributed by atoms with van der Waals surface area (Å²) in [5, 5.41) is 12.3. The molecule has 0 heterocycles. The number of hydrogen-bond donors (Lipinski definition) is 2. The number of rotatable bonds is 9. The highest BCUT2D eigenvalue weighted by Crippen LogP contribution is 2.17. The average Bonchev–Trinajstić information content (AvgIpc) is 2.43. The molecule has 0 aliphatic rings. The summed E-state index contributed by atoms with van der Waals surface area (Å²) in [6.45, 7) is 4.58. The van der Waals surface area contributed by atoms with E-state index in [-0.39, 0.29) is 12.4 Å². The van der Waals surface area contributed by atoms with Crippen molar-refractivity contribution in [3.05, 3.63) is 30.1 Å². The molecule has 2 N–H and O–H groups in total. The number of carboxylic acid groups (broad SMARTS) is 1. The maximum absolute atomic E-state index is 13.3. The summed E-state index contributed by atoms with van der Waals surface area (Å²) >= 11 is 0. The molecule has 0 saturated carbocycles. The Balaban J connectivity index is 2.41. The van der Waals surface area contributed by atoms with Gasteiger partial charge in [-0.3, -0.25) is 4.79 Å². The second kappa shape index (κ2) is 7.85. The van der Waals surface area contributed by atoms with Gasteiger partial charge in [-0.05, 0) is 44.9 Å². The molecule has 0 aromatic heterocycles. The van der Waals surface area contributed by atoms with Crippen molar-refractivity contribution in [1.29, 1.82) is 0 Å². The second-order valence-corrected chi connectivity index (χ2v) is 4.95. The highest BCUT2D eigenvalue weighted by atomic mass is 19.1. The molecule has 1 aromatic rings. The van der Waals surface area contributed by atoms with E-state index in [0.717, 1.165) is 6.42 Å². The molecule has 112 valence electrons. The average molecular weight is 283 g/mol. The zero-order valence-electron chi connectivity index (χ0n) is 12.0. The van der Waals surface area contributed by atoms with Crippen molar-refractivity contribution in [3.63, 3.8) is 0 Å². The number of nitrogens with one attached hydrogen (secondary N) is 1. The molecule has 20 heavy (non-hydrogen) atoms. The van der Waals surface area contributed by atoms with Crippen LogP contribution in [0.2, 0.25) is 0 Å². The Labute approximate surface area is 119 Å². The van der Waals surface area contributed by atoms with Crippen LogP contribution in [0.4, 0.5) is 4.39 Å². The van der Waals surface area contributed by atoms with E-state index in [9.17, 15) is 14.3 Å². The van der Waals surface area contributed by atoms with Crippen LogP contribution in [0, 0.1) is 5.82 Å². The first-order valence-corrected chi connectivity index (χ1v) is 6.85. The van der Waals surface area contributed by atoms with E-state index in [1.165, 1.54) is 6.07 Å². The summed E-state index contributed by atoms with van der Waals surface area (Å²) in [6, 6.07) is 6.18. The van der Waals surface area contributed by atoms with Crippen LogP contribution in [-0.4, -0.2) is 29.8 Å². The molecule has 0 amide bonds. The fourth-order valence-electron chi connectivity index (χ4n) is 1.84. The summed E-state index contributed by atoms with van der Waals surface area (Å²) < 4.78 is 18.6. The SMILES string of the molecule is CCCNC(C)(CCCOc1ccccc1F)C(=O)O. The summed E-state index contributed by atoms with van der Waals surface area (Å²) in [5.74, 6) is -1.08. The Bertz CT molecular complexity index is 439. The third-order valence-corrected chi connectivity index (χ3v) is 3.15. The van der Waals surface area contributed by atoms with Crippen molar-refractivity contribution >= 4 is 5.97 Å². The quantitative estimate of drug-likeness (QED) is 0.684. The zero-order valence-corrected chi connectivity index (χ0v) is 12.0. The minimum atomic E-state index is -0.964. The van der Waals surface area contributed by atoms with Gasteiger partial charge in [0.1, 0.15) is 5.54 Å². The highest BCUT2D eigenvalue weighted by Gasteiger charge is 2.31. The lowest BCUT2D eigenvalue weighted by atomic mass is 9.96. The van der Waals surface area contributed by atoms with Gasteiger partial charge in [-0.15, -0.1) is 0 Å². The monoisotopic (exact) mass is 283 g/mol. The summed E-state index contributed by atoms with van der Waals surface area (Å²) in [5.41, 5.74) is -0.964. The smallest absolute Gasteiger partial charge is 0.323 e. The third kappa shape index (κ3) is 4.81. The summed E-state index contributed by atoms with van der Waals surface area (Å²) in [4.78, 5) is 11.3. The van der Waals surface area contributed by atoms with E-state index in [2.05, 4.69) is 5.32 Å². The van der Waals surface area contributed by atoms with Crippen LogP contribution in [0.3, 0.4) is 0 Å². The minimum Gasteiger partial charge on any atom is -0.491 e. The maximum atomic E-state index is 13.3. The number of benzene rings is 1. The first-order valence-electron chi connectivity index (χ1n) is 6.85. The Morgan fingerprint density at radius 2 is 2.15 bits per heavy atom. The molecule has 0 spiro atoms. The molecule has 0 radical (unpaired) electrons. The van der Waals surface area contributed by atoms with Gasteiger partial charge in [-0.1, -0.05) is 19.1 Å². The molecule has 0 aliphatic heterocycles. The van der Waals surface area contributed by atoms with Crippen molar-refractivity contribution in [2.75, 3.05) is 13.2 Å². The predicted molar refractivity (Wildman–Crippen MR) is 75.5 cm³/mol. The molecule has 1 unspecified atom stereocenters. The normalized spacial score (nSPS) is 13.8. The van der Waals surface area contributed by atoms with Gasteiger partial charge in [0.2, 0.25) is 0 Å². The fourth-order valence-corrected chi connectivity index (χ4v) is 1.84. The Morgan fingerprint density at radius 1 is 1.45 bits per heavy atom. The maximum Gasteiger partial charge on any atom is 0.323 e. The van der Waals surface area contributed by atoms with Gasteiger partial charge in [-0.2, -0.15) is 0 Å². The zero-order chi connectivity index (χ0) is 15.0. The van der Waals surface area contributed by atoms with E-state index < -0.39 is 17.3 Å². The number of para-hydroxylation sites is 1. The van der Waals surface area contributed by atoms with Crippen LogP contribution in [0.25, 0.3) is 0 Å². The van der Waals surface area contributed by atoms with E-state index >= 15 is 0 Å². The van der Waals surface area contributed by atoms with Gasteiger partial charge in [0.15, 0.2) is 11.6 Å². The number of halogens is 1. The predicted octanol–water partition coefficient (Wildman–Crippen LogP) is 2.83. The van der Waals surface area contributed by atoms with Crippen molar-refractivity contribution < 1.29 is 19.0 Å². The van der Waals surface area contributed by atoms with Crippen molar-refractivity contribution in [1.82, 2.24) is 5.32 Å². The number of carbonyl (C=O) groups is 1. The molecule has 1 aromatic carbocycles. The van der Waals surface area contributed by atoms with Crippen molar-refractivity contribution in [2.45, 2.75) is 38.6 Å².